The first-order chi connectivity index (χ1) is 60.2. The summed E-state index contributed by atoms with van der Waals surface area (Å²) in [4.78, 5) is 15.2. The Kier molecular flexibility index (Phi) is 18.3. The molecule has 0 aliphatic heterocycles. The second-order valence-electron chi connectivity index (χ2n) is 31.8. The van der Waals surface area contributed by atoms with Gasteiger partial charge in [0, 0.05) is 88.3 Å². The van der Waals surface area contributed by atoms with Gasteiger partial charge in [-0.05, 0) is 180 Å². The van der Waals surface area contributed by atoms with Crippen LogP contribution >= 0.6 is 11.3 Å². The van der Waals surface area contributed by atoms with E-state index in [2.05, 4.69) is 428 Å². The van der Waals surface area contributed by atoms with Gasteiger partial charge in [0.05, 0.1) is 34.2 Å². The van der Waals surface area contributed by atoms with Crippen molar-refractivity contribution in [2.75, 3.05) is 0 Å². The topological polar surface area (TPSA) is 65.0 Å². The van der Waals surface area contributed by atoms with Crippen LogP contribution in [0, 0.1) is 0 Å². The van der Waals surface area contributed by atoms with Crippen molar-refractivity contribution in [1.82, 2.24) is 28.2 Å². The van der Waals surface area contributed by atoms with E-state index in [4.69, 9.17) is 19.4 Å². The molecule has 0 saturated carbocycles. The van der Waals surface area contributed by atoms with E-state index in [0.29, 0.717) is 0 Å². The third-order valence-electron chi connectivity index (χ3n) is 24.1. The Hall–Kier alpha value is -15.6. The number of aromatic nitrogens is 6. The van der Waals surface area contributed by atoms with Crippen LogP contribution in [0.15, 0.2) is 442 Å². The number of pyridine rings is 3. The molecule has 0 saturated heterocycles. The number of nitrogens with zero attached hydrogens (tertiary/aromatic N) is 6. The lowest BCUT2D eigenvalue weighted by Gasteiger charge is -2.22. The summed E-state index contributed by atoms with van der Waals surface area (Å²) in [5.74, 6) is 0. The first kappa shape index (κ1) is 72.8. The fourth-order valence-corrected chi connectivity index (χ4v) is 19.2. The molecule has 0 spiro atoms. The highest BCUT2D eigenvalue weighted by Crippen LogP contribution is 2.50. The van der Waals surface area contributed by atoms with Crippen LogP contribution in [-0.4, -0.2) is 28.2 Å². The maximum absolute atomic E-state index is 6.12. The predicted octanol–water partition coefficient (Wildman–Crippen LogP) is 30.6. The summed E-state index contributed by atoms with van der Waals surface area (Å²) in [6.07, 6.45) is 6.27. The quantitative estimate of drug-likeness (QED) is 0.122. The maximum Gasteiger partial charge on any atom is 0.137 e. The van der Waals surface area contributed by atoms with E-state index in [-0.39, 0.29) is 5.41 Å². The van der Waals surface area contributed by atoms with E-state index in [1.54, 1.807) is 0 Å². The van der Waals surface area contributed by atoms with Crippen molar-refractivity contribution in [2.45, 2.75) is 19.3 Å². The smallest absolute Gasteiger partial charge is 0.137 e. The van der Waals surface area contributed by atoms with E-state index in [1.807, 2.05) is 47.7 Å². The van der Waals surface area contributed by atoms with Crippen molar-refractivity contribution in [2.24, 2.45) is 0 Å². The molecule has 23 aromatic rings. The van der Waals surface area contributed by atoms with Crippen LogP contribution in [0.2, 0.25) is 0 Å². The third kappa shape index (κ3) is 13.3. The number of fused-ring (bicyclic) bond motifs is 12. The number of hydrogen-bond acceptors (Lipinski definition) is 5. The molecule has 1 aliphatic carbocycles. The summed E-state index contributed by atoms with van der Waals surface area (Å²) in [6, 6.07) is 149. The Labute approximate surface area is 711 Å². The average Bonchev–Trinajstić information content (AvgIpc) is 1.57. The van der Waals surface area contributed by atoms with Crippen molar-refractivity contribution >= 4 is 70.4 Å². The van der Waals surface area contributed by atoms with Gasteiger partial charge in [-0.2, -0.15) is 0 Å². The molecule has 24 rings (SSSR count). The van der Waals surface area contributed by atoms with Gasteiger partial charge in [0.2, 0.25) is 0 Å². The third-order valence-corrected chi connectivity index (χ3v) is 25.3. The Morgan fingerprint density at radius 1 is 0.221 bits per heavy atom. The minimum Gasteiger partial charge on any atom is -0.456 e. The van der Waals surface area contributed by atoms with Gasteiger partial charge < -0.3 is 4.42 Å². The van der Waals surface area contributed by atoms with Crippen molar-refractivity contribution in [1.29, 1.82) is 0 Å². The molecule has 0 bridgehead atoms. The largest absolute Gasteiger partial charge is 0.456 e. The van der Waals surface area contributed by atoms with Crippen LogP contribution in [-0.2, 0) is 5.41 Å². The van der Waals surface area contributed by atoms with Gasteiger partial charge in [-0.1, -0.05) is 341 Å². The number of para-hydroxylation sites is 1. The normalized spacial score (nSPS) is 12.1. The standard InChI is InChI=1S/C40H30N2.C37H24N2O.C37H24N2S/c1-40(2)35-16-7-6-15-33(35)34-23-22-31(26-36(34)40)28-20-18-27(19-21-28)30-13-10-14-32(25-30)38-39(29-11-4-3-5-12-29)42-24-9-8-17-37(42)41-38;2*1-2-9-27(10-3-1)37-36(38-35-15-6-7-22-39(35)37)30-12-8-11-28(23-30)25-16-18-26(19-17-25)29-20-21-32-31-13-4-5-14-33(31)40-34(32)24-29/h3-26H,1-2H3;2*1-24H. The highest BCUT2D eigenvalue weighted by molar-refractivity contribution is 7.25. The summed E-state index contributed by atoms with van der Waals surface area (Å²) in [5, 5.41) is 4.97. The van der Waals surface area contributed by atoms with Crippen LogP contribution in [0.4, 0.5) is 0 Å². The maximum atomic E-state index is 6.12. The number of furan rings is 1. The van der Waals surface area contributed by atoms with Crippen LogP contribution in [0.25, 0.3) is 204 Å². The lowest BCUT2D eigenvalue weighted by atomic mass is 9.81. The second-order valence-corrected chi connectivity index (χ2v) is 32.9. The zero-order valence-corrected chi connectivity index (χ0v) is 67.9. The van der Waals surface area contributed by atoms with E-state index in [0.717, 1.165) is 123 Å². The lowest BCUT2D eigenvalue weighted by Crippen LogP contribution is -2.14. The summed E-state index contributed by atoms with van der Waals surface area (Å²) >= 11 is 1.86. The zero-order chi connectivity index (χ0) is 81.2. The van der Waals surface area contributed by atoms with Crippen molar-refractivity contribution in [3.8, 4) is 145 Å². The van der Waals surface area contributed by atoms with Crippen LogP contribution < -0.4 is 0 Å². The van der Waals surface area contributed by atoms with Crippen LogP contribution in [0.1, 0.15) is 25.0 Å². The van der Waals surface area contributed by atoms with Crippen molar-refractivity contribution in [3.63, 3.8) is 0 Å². The SMILES string of the molecule is CC1(C)c2ccccc2-c2ccc(-c3ccc(-c4cccc(-c5nc6ccccn6c5-c5ccccc5)c4)cc3)cc21.c1ccc(-c2c(-c3cccc(-c4ccc(-c5ccc6c(c5)oc5ccccc56)cc4)c3)nc3ccccn23)cc1.c1ccc(-c2c(-c3cccc(-c4ccc(-c5ccc6c(c5)sc5ccccc56)cc4)c3)nc3ccccn23)cc1. The molecule has 576 valence electrons. The summed E-state index contributed by atoms with van der Waals surface area (Å²) < 4.78 is 15.3. The molecule has 15 aromatic carbocycles. The molecule has 0 atom stereocenters. The lowest BCUT2D eigenvalue weighted by molar-refractivity contribution is 0.660. The van der Waals surface area contributed by atoms with E-state index in [1.165, 1.54) is 92.5 Å². The fourth-order valence-electron chi connectivity index (χ4n) is 18.0. The molecule has 8 heterocycles. The van der Waals surface area contributed by atoms with Crippen molar-refractivity contribution < 1.29 is 4.42 Å². The number of rotatable bonds is 12. The first-order valence-corrected chi connectivity index (χ1v) is 42.3. The predicted molar refractivity (Wildman–Crippen MR) is 509 cm³/mol. The van der Waals surface area contributed by atoms with Crippen LogP contribution in [0.3, 0.4) is 0 Å². The molecule has 1 aliphatic rings. The fraction of sp³-hybridized carbons (Fsp3) is 0.0263. The molecule has 0 amide bonds. The molecular weight excluding hydrogens is 1500 g/mol. The van der Waals surface area contributed by atoms with Gasteiger partial charge in [0.15, 0.2) is 0 Å². The molecule has 122 heavy (non-hydrogen) atoms. The zero-order valence-electron chi connectivity index (χ0n) is 67.1. The molecule has 0 unspecified atom stereocenters. The molecule has 8 aromatic heterocycles. The van der Waals surface area contributed by atoms with Gasteiger partial charge in [0.1, 0.15) is 28.1 Å². The van der Waals surface area contributed by atoms with Crippen LogP contribution in [0.5, 0.6) is 0 Å². The van der Waals surface area contributed by atoms with E-state index in [9.17, 15) is 0 Å². The minimum atomic E-state index is -0.00115. The first-order valence-electron chi connectivity index (χ1n) is 41.5. The minimum absolute atomic E-state index is 0.00115. The molecule has 0 N–H and O–H groups in total. The van der Waals surface area contributed by atoms with E-state index < -0.39 is 0 Å². The Balaban J connectivity index is 0.000000109. The Morgan fingerprint density at radius 2 is 0.549 bits per heavy atom. The molecule has 7 nitrogen and oxygen atoms in total. The molecule has 0 radical (unpaired) electrons. The second kappa shape index (κ2) is 30.7. The highest BCUT2D eigenvalue weighted by atomic mass is 32.1. The van der Waals surface area contributed by atoms with Gasteiger partial charge in [-0.25, -0.2) is 15.0 Å². The summed E-state index contributed by atoms with van der Waals surface area (Å²) in [7, 11) is 0. The Bertz CT molecular complexity index is 7570. The van der Waals surface area contributed by atoms with Gasteiger partial charge in [0.25, 0.3) is 0 Å². The molecule has 8 heteroatoms. The summed E-state index contributed by atoms with van der Waals surface area (Å²) in [5.41, 5.74) is 37.6. The molecule has 0 fully saturated rings. The number of imidazole rings is 3. The van der Waals surface area contributed by atoms with Crippen molar-refractivity contribution in [3.05, 3.63) is 448 Å². The Morgan fingerprint density at radius 3 is 1.02 bits per heavy atom. The monoisotopic (exact) mass is 1580 g/mol. The summed E-state index contributed by atoms with van der Waals surface area (Å²) in [6.45, 7) is 4.67. The number of hydrogen-bond donors (Lipinski definition) is 0. The van der Waals surface area contributed by atoms with E-state index >= 15 is 0 Å². The highest BCUT2D eigenvalue weighted by Gasteiger charge is 2.35. The number of benzene rings is 15. The average molecular weight is 1580 g/mol. The molecular formula is C114H78N6OS. The van der Waals surface area contributed by atoms with Gasteiger partial charge in [-0.3, -0.25) is 13.2 Å². The van der Waals surface area contributed by atoms with Gasteiger partial charge >= 0.3 is 0 Å². The number of thiophene rings is 1. The van der Waals surface area contributed by atoms with Gasteiger partial charge in [-0.15, -0.1) is 11.3 Å².